The minimum Gasteiger partial charge on any atom is -0.493 e. The summed E-state index contributed by atoms with van der Waals surface area (Å²) >= 11 is 3.65. The normalized spacial score (nSPS) is 18.7. The maximum atomic E-state index is 5.58. The first-order valence-corrected chi connectivity index (χ1v) is 7.06. The van der Waals surface area contributed by atoms with Crippen molar-refractivity contribution in [3.05, 3.63) is 21.7 Å². The lowest BCUT2D eigenvalue weighted by atomic mass is 9.87. The quantitative estimate of drug-likeness (QED) is 0.928. The molecule has 18 heavy (non-hydrogen) atoms. The van der Waals surface area contributed by atoms with Crippen molar-refractivity contribution in [2.24, 2.45) is 5.92 Å². The Bertz CT molecular complexity index is 446. The van der Waals surface area contributed by atoms with Gasteiger partial charge >= 0.3 is 0 Å². The molecular weight excluding hydrogens is 294 g/mol. The third-order valence-corrected chi connectivity index (χ3v) is 4.19. The average molecular weight is 314 g/mol. The molecule has 1 N–H and O–H groups in total. The Labute approximate surface area is 117 Å². The van der Waals surface area contributed by atoms with Crippen LogP contribution in [0.3, 0.4) is 0 Å². The van der Waals surface area contributed by atoms with Gasteiger partial charge in [0.2, 0.25) is 0 Å². The summed E-state index contributed by atoms with van der Waals surface area (Å²) in [5.74, 6) is 2.16. The molecule has 100 valence electrons. The minimum absolute atomic E-state index is 0.315. The Hall–Kier alpha value is -0.740. The summed E-state index contributed by atoms with van der Waals surface area (Å²) < 4.78 is 12.1. The van der Waals surface area contributed by atoms with E-state index in [2.05, 4.69) is 35.1 Å². The highest BCUT2D eigenvalue weighted by Crippen LogP contribution is 2.44. The Morgan fingerprint density at radius 3 is 2.61 bits per heavy atom. The van der Waals surface area contributed by atoms with Crippen LogP contribution in [0.2, 0.25) is 0 Å². The number of nitrogens with one attached hydrogen (secondary N) is 1. The molecule has 1 aliphatic rings. The van der Waals surface area contributed by atoms with E-state index in [-0.39, 0.29) is 0 Å². The van der Waals surface area contributed by atoms with Gasteiger partial charge in [-0.2, -0.15) is 0 Å². The van der Waals surface area contributed by atoms with Crippen molar-refractivity contribution in [3.63, 3.8) is 0 Å². The summed E-state index contributed by atoms with van der Waals surface area (Å²) in [7, 11) is 3.38. The first-order valence-electron chi connectivity index (χ1n) is 6.26. The Morgan fingerprint density at radius 1 is 1.33 bits per heavy atom. The van der Waals surface area contributed by atoms with Crippen molar-refractivity contribution < 1.29 is 9.47 Å². The van der Waals surface area contributed by atoms with Crippen LogP contribution < -0.4 is 14.8 Å². The van der Waals surface area contributed by atoms with Gasteiger partial charge in [0.1, 0.15) is 0 Å². The van der Waals surface area contributed by atoms with Crippen LogP contribution >= 0.6 is 15.9 Å². The van der Waals surface area contributed by atoms with E-state index >= 15 is 0 Å². The van der Waals surface area contributed by atoms with Gasteiger partial charge in [0.15, 0.2) is 11.5 Å². The first-order chi connectivity index (χ1) is 8.60. The van der Waals surface area contributed by atoms with Gasteiger partial charge in [0, 0.05) is 16.1 Å². The van der Waals surface area contributed by atoms with Crippen LogP contribution in [0.5, 0.6) is 11.5 Å². The van der Waals surface area contributed by atoms with E-state index in [4.69, 9.17) is 9.47 Å². The number of methoxy groups -OCH3 is 2. The van der Waals surface area contributed by atoms with Crippen molar-refractivity contribution in [2.75, 3.05) is 20.8 Å². The van der Waals surface area contributed by atoms with Gasteiger partial charge in [-0.15, -0.1) is 0 Å². The molecule has 1 atom stereocenters. The summed E-state index contributed by atoms with van der Waals surface area (Å²) in [5.41, 5.74) is 2.58. The maximum absolute atomic E-state index is 5.58. The van der Waals surface area contributed by atoms with Crippen molar-refractivity contribution in [1.29, 1.82) is 0 Å². The summed E-state index contributed by atoms with van der Waals surface area (Å²) in [6.45, 7) is 5.45. The highest BCUT2D eigenvalue weighted by atomic mass is 79.9. The fourth-order valence-electron chi connectivity index (χ4n) is 2.64. The van der Waals surface area contributed by atoms with E-state index in [0.717, 1.165) is 28.9 Å². The van der Waals surface area contributed by atoms with Crippen molar-refractivity contribution in [3.8, 4) is 11.5 Å². The number of benzene rings is 1. The Kier molecular flexibility index (Phi) is 4.17. The smallest absolute Gasteiger partial charge is 0.165 e. The molecular formula is C14H20BrNO2. The largest absolute Gasteiger partial charge is 0.493 e. The molecule has 0 bridgehead atoms. The average Bonchev–Trinajstić information content (AvgIpc) is 2.37. The van der Waals surface area contributed by atoms with Gasteiger partial charge in [0.05, 0.1) is 14.2 Å². The van der Waals surface area contributed by atoms with Gasteiger partial charge in [-0.25, -0.2) is 0 Å². The van der Waals surface area contributed by atoms with Crippen molar-refractivity contribution in [2.45, 2.75) is 26.3 Å². The standard InChI is InChI=1S/C14H20BrNO2/c1-8(2)13-12-9(5-6-16-13)10(15)7-11(17-3)14(12)18-4/h7-8,13,16H,5-6H2,1-4H3. The molecule has 0 saturated carbocycles. The van der Waals surface area contributed by atoms with Crippen molar-refractivity contribution >= 4 is 15.9 Å². The van der Waals surface area contributed by atoms with Gasteiger partial charge in [-0.05, 0) is 30.5 Å². The minimum atomic E-state index is 0.315. The van der Waals surface area contributed by atoms with E-state index in [0.29, 0.717) is 12.0 Å². The Balaban J connectivity index is 2.65. The Morgan fingerprint density at radius 2 is 2.06 bits per heavy atom. The third-order valence-electron chi connectivity index (χ3n) is 3.48. The van der Waals surface area contributed by atoms with E-state index in [1.165, 1.54) is 11.1 Å². The molecule has 1 aromatic rings. The summed E-state index contributed by atoms with van der Waals surface area (Å²) in [6, 6.07) is 2.32. The van der Waals surface area contributed by atoms with Gasteiger partial charge in [-0.1, -0.05) is 29.8 Å². The molecule has 3 nitrogen and oxygen atoms in total. The molecule has 0 aliphatic carbocycles. The fraction of sp³-hybridized carbons (Fsp3) is 0.571. The summed E-state index contributed by atoms with van der Waals surface area (Å²) in [4.78, 5) is 0. The summed E-state index contributed by atoms with van der Waals surface area (Å²) in [6.07, 6.45) is 1.01. The van der Waals surface area contributed by atoms with Crippen LogP contribution in [0.1, 0.15) is 31.0 Å². The predicted molar refractivity (Wildman–Crippen MR) is 76.5 cm³/mol. The topological polar surface area (TPSA) is 30.5 Å². The maximum Gasteiger partial charge on any atom is 0.165 e. The molecule has 0 saturated heterocycles. The predicted octanol–water partition coefficient (Wildman–Crippen LogP) is 3.31. The molecule has 0 amide bonds. The lowest BCUT2D eigenvalue weighted by Gasteiger charge is -2.32. The SMILES string of the molecule is COc1cc(Br)c2c(c1OC)C(C(C)C)NCC2. The number of ether oxygens (including phenoxy) is 2. The molecule has 1 heterocycles. The monoisotopic (exact) mass is 313 g/mol. The summed E-state index contributed by atoms with van der Waals surface area (Å²) in [5, 5.41) is 3.57. The number of hydrogen-bond donors (Lipinski definition) is 1. The molecule has 0 aromatic heterocycles. The molecule has 0 fully saturated rings. The van der Waals surface area contributed by atoms with Gasteiger partial charge in [0.25, 0.3) is 0 Å². The highest BCUT2D eigenvalue weighted by molar-refractivity contribution is 9.10. The molecule has 1 aromatic carbocycles. The molecule has 4 heteroatoms. The van der Waals surface area contributed by atoms with Crippen molar-refractivity contribution in [1.82, 2.24) is 5.32 Å². The number of hydrogen-bond acceptors (Lipinski definition) is 3. The van der Waals surface area contributed by atoms with Crippen LogP contribution in [-0.2, 0) is 6.42 Å². The zero-order valence-corrected chi connectivity index (χ0v) is 12.9. The molecule has 0 radical (unpaired) electrons. The third kappa shape index (κ3) is 2.24. The van der Waals surface area contributed by atoms with E-state index in [1.807, 2.05) is 6.07 Å². The van der Waals surface area contributed by atoms with E-state index in [1.54, 1.807) is 14.2 Å². The van der Waals surface area contributed by atoms with Crippen LogP contribution in [0.4, 0.5) is 0 Å². The van der Waals surface area contributed by atoms with Gasteiger partial charge < -0.3 is 14.8 Å². The van der Waals surface area contributed by atoms with Crippen LogP contribution in [0, 0.1) is 5.92 Å². The lowest BCUT2D eigenvalue weighted by molar-refractivity contribution is 0.328. The number of rotatable bonds is 3. The zero-order valence-electron chi connectivity index (χ0n) is 11.3. The molecule has 0 spiro atoms. The number of halogens is 1. The highest BCUT2D eigenvalue weighted by Gasteiger charge is 2.29. The van der Waals surface area contributed by atoms with E-state index < -0.39 is 0 Å². The first kappa shape index (κ1) is 13.7. The second kappa shape index (κ2) is 5.49. The molecule has 1 unspecified atom stereocenters. The fourth-order valence-corrected chi connectivity index (χ4v) is 3.25. The molecule has 1 aliphatic heterocycles. The lowest BCUT2D eigenvalue weighted by Crippen LogP contribution is -2.33. The van der Waals surface area contributed by atoms with Gasteiger partial charge in [-0.3, -0.25) is 0 Å². The number of fused-ring (bicyclic) bond motifs is 1. The second-order valence-corrected chi connectivity index (χ2v) is 5.77. The van der Waals surface area contributed by atoms with Crippen LogP contribution in [0.15, 0.2) is 10.5 Å². The van der Waals surface area contributed by atoms with E-state index in [9.17, 15) is 0 Å². The van der Waals surface area contributed by atoms with Crippen LogP contribution in [0.25, 0.3) is 0 Å². The van der Waals surface area contributed by atoms with Crippen LogP contribution in [-0.4, -0.2) is 20.8 Å². The molecule has 2 rings (SSSR count). The second-order valence-electron chi connectivity index (χ2n) is 4.91. The zero-order chi connectivity index (χ0) is 13.3.